The SMILES string of the molecule is C=C(CCOC(C)C)C(=O)OCF. The Morgan fingerprint density at radius 3 is 2.62 bits per heavy atom. The van der Waals surface area contributed by atoms with Crippen molar-refractivity contribution in [1.82, 2.24) is 0 Å². The van der Waals surface area contributed by atoms with Gasteiger partial charge >= 0.3 is 5.97 Å². The molecule has 0 bridgehead atoms. The number of carbonyl (C=O) groups is 1. The highest BCUT2D eigenvalue weighted by Gasteiger charge is 2.07. The molecule has 0 aliphatic rings. The van der Waals surface area contributed by atoms with Crippen molar-refractivity contribution in [2.24, 2.45) is 0 Å². The fourth-order valence-corrected chi connectivity index (χ4v) is 0.672. The first-order valence-electron chi connectivity index (χ1n) is 4.10. The van der Waals surface area contributed by atoms with Crippen LogP contribution in [0.5, 0.6) is 0 Å². The molecule has 0 saturated carbocycles. The van der Waals surface area contributed by atoms with Crippen molar-refractivity contribution in [3.63, 3.8) is 0 Å². The van der Waals surface area contributed by atoms with Crippen LogP contribution in [0.1, 0.15) is 20.3 Å². The molecule has 0 amide bonds. The third-order valence-electron chi connectivity index (χ3n) is 1.33. The average Bonchev–Trinajstić information content (AvgIpc) is 2.04. The largest absolute Gasteiger partial charge is 0.430 e. The van der Waals surface area contributed by atoms with Gasteiger partial charge < -0.3 is 9.47 Å². The first-order valence-corrected chi connectivity index (χ1v) is 4.10. The summed E-state index contributed by atoms with van der Waals surface area (Å²) < 4.78 is 20.8. The summed E-state index contributed by atoms with van der Waals surface area (Å²) in [5.41, 5.74) is 0.235. The Kier molecular flexibility index (Phi) is 6.14. The van der Waals surface area contributed by atoms with Crippen LogP contribution < -0.4 is 0 Å². The molecule has 0 fully saturated rings. The minimum atomic E-state index is -1.11. The standard InChI is InChI=1S/C9H15FO3/c1-7(2)12-5-4-8(3)9(11)13-6-10/h7H,3-6H2,1-2H3. The van der Waals surface area contributed by atoms with Crippen molar-refractivity contribution in [2.75, 3.05) is 13.5 Å². The van der Waals surface area contributed by atoms with E-state index in [0.717, 1.165) is 0 Å². The summed E-state index contributed by atoms with van der Waals surface area (Å²) in [4.78, 5) is 10.8. The lowest BCUT2D eigenvalue weighted by atomic mass is 10.2. The van der Waals surface area contributed by atoms with E-state index >= 15 is 0 Å². The van der Waals surface area contributed by atoms with E-state index in [1.165, 1.54) is 0 Å². The number of hydrogen-bond donors (Lipinski definition) is 0. The maximum atomic E-state index is 11.5. The van der Waals surface area contributed by atoms with Crippen LogP contribution in [0.25, 0.3) is 0 Å². The molecule has 0 atom stereocenters. The summed E-state index contributed by atoms with van der Waals surface area (Å²) in [5.74, 6) is -0.699. The molecule has 3 nitrogen and oxygen atoms in total. The minimum absolute atomic E-state index is 0.116. The van der Waals surface area contributed by atoms with Crippen molar-refractivity contribution in [2.45, 2.75) is 26.4 Å². The summed E-state index contributed by atoms with van der Waals surface area (Å²) in [6.45, 7) is 6.52. The van der Waals surface area contributed by atoms with Crippen LogP contribution in [0.15, 0.2) is 12.2 Å². The molecular weight excluding hydrogens is 175 g/mol. The predicted octanol–water partition coefficient (Wildman–Crippen LogP) is 1.83. The number of rotatable bonds is 6. The fourth-order valence-electron chi connectivity index (χ4n) is 0.672. The van der Waals surface area contributed by atoms with E-state index in [1.54, 1.807) is 0 Å². The number of alkyl halides is 1. The third-order valence-corrected chi connectivity index (χ3v) is 1.33. The molecule has 0 radical (unpaired) electrons. The topological polar surface area (TPSA) is 35.5 Å². The van der Waals surface area contributed by atoms with Gasteiger partial charge in [-0.2, -0.15) is 0 Å². The predicted molar refractivity (Wildman–Crippen MR) is 46.9 cm³/mol. The van der Waals surface area contributed by atoms with Gasteiger partial charge in [-0.05, 0) is 13.8 Å². The van der Waals surface area contributed by atoms with E-state index in [-0.39, 0.29) is 11.7 Å². The molecule has 0 rings (SSSR count). The maximum Gasteiger partial charge on any atom is 0.335 e. The molecule has 0 aromatic carbocycles. The van der Waals surface area contributed by atoms with Gasteiger partial charge in [0.05, 0.1) is 12.7 Å². The summed E-state index contributed by atoms with van der Waals surface area (Å²) in [6, 6.07) is 0. The van der Waals surface area contributed by atoms with Crippen molar-refractivity contribution in [3.05, 3.63) is 12.2 Å². The van der Waals surface area contributed by atoms with Gasteiger partial charge in [-0.1, -0.05) is 6.58 Å². The van der Waals surface area contributed by atoms with Crippen LogP contribution in [0.2, 0.25) is 0 Å². The van der Waals surface area contributed by atoms with Crippen LogP contribution >= 0.6 is 0 Å². The van der Waals surface area contributed by atoms with Gasteiger partial charge in [-0.25, -0.2) is 9.18 Å². The fraction of sp³-hybridized carbons (Fsp3) is 0.667. The normalized spacial score (nSPS) is 10.2. The molecule has 13 heavy (non-hydrogen) atoms. The number of carbonyl (C=O) groups excluding carboxylic acids is 1. The van der Waals surface area contributed by atoms with Crippen molar-refractivity contribution in [3.8, 4) is 0 Å². The molecule has 0 aliphatic carbocycles. The zero-order chi connectivity index (χ0) is 10.3. The second-order valence-corrected chi connectivity index (χ2v) is 2.81. The molecule has 0 aromatic heterocycles. The minimum Gasteiger partial charge on any atom is -0.430 e. The molecule has 0 spiro atoms. The summed E-state index contributed by atoms with van der Waals surface area (Å²) in [7, 11) is 0. The lowest BCUT2D eigenvalue weighted by molar-refractivity contribution is -0.143. The zero-order valence-electron chi connectivity index (χ0n) is 8.01. The van der Waals surface area contributed by atoms with E-state index in [4.69, 9.17) is 4.74 Å². The van der Waals surface area contributed by atoms with E-state index in [2.05, 4.69) is 11.3 Å². The molecule has 0 aromatic rings. The van der Waals surface area contributed by atoms with E-state index in [0.29, 0.717) is 13.0 Å². The van der Waals surface area contributed by atoms with Crippen molar-refractivity contribution in [1.29, 1.82) is 0 Å². The highest BCUT2D eigenvalue weighted by Crippen LogP contribution is 2.02. The smallest absolute Gasteiger partial charge is 0.335 e. The first kappa shape index (κ1) is 12.1. The van der Waals surface area contributed by atoms with Crippen molar-refractivity contribution < 1.29 is 18.7 Å². The summed E-state index contributed by atoms with van der Waals surface area (Å²) in [6.07, 6.45) is 0.488. The molecule has 0 aliphatic heterocycles. The summed E-state index contributed by atoms with van der Waals surface area (Å²) in [5, 5.41) is 0. The molecular formula is C9H15FO3. The van der Waals surface area contributed by atoms with Gasteiger partial charge in [-0.15, -0.1) is 0 Å². The van der Waals surface area contributed by atoms with Crippen LogP contribution in [0.4, 0.5) is 4.39 Å². The van der Waals surface area contributed by atoms with Gasteiger partial charge in [0.1, 0.15) is 0 Å². The van der Waals surface area contributed by atoms with Crippen LogP contribution in [-0.2, 0) is 14.3 Å². The van der Waals surface area contributed by atoms with Crippen LogP contribution in [-0.4, -0.2) is 25.5 Å². The molecule has 0 unspecified atom stereocenters. The Labute approximate surface area is 77.5 Å². The monoisotopic (exact) mass is 190 g/mol. The molecule has 0 saturated heterocycles. The Hall–Kier alpha value is -0.900. The second kappa shape index (κ2) is 6.60. The number of esters is 1. The van der Waals surface area contributed by atoms with Gasteiger partial charge in [0.15, 0.2) is 0 Å². The van der Waals surface area contributed by atoms with E-state index in [9.17, 15) is 9.18 Å². The second-order valence-electron chi connectivity index (χ2n) is 2.81. The lowest BCUT2D eigenvalue weighted by Gasteiger charge is -2.07. The number of hydrogen-bond acceptors (Lipinski definition) is 3. The van der Waals surface area contributed by atoms with Gasteiger partial charge in [0.2, 0.25) is 6.86 Å². The zero-order valence-corrected chi connectivity index (χ0v) is 8.01. The summed E-state index contributed by atoms with van der Waals surface area (Å²) >= 11 is 0. The molecule has 0 N–H and O–H groups in total. The van der Waals surface area contributed by atoms with Gasteiger partial charge in [0.25, 0.3) is 0 Å². The highest BCUT2D eigenvalue weighted by molar-refractivity contribution is 5.87. The number of ether oxygens (including phenoxy) is 2. The molecule has 4 heteroatoms. The third kappa shape index (κ3) is 6.28. The molecule has 0 heterocycles. The van der Waals surface area contributed by atoms with Crippen LogP contribution in [0, 0.1) is 0 Å². The Morgan fingerprint density at radius 2 is 2.15 bits per heavy atom. The van der Waals surface area contributed by atoms with Crippen molar-refractivity contribution >= 4 is 5.97 Å². The average molecular weight is 190 g/mol. The number of halogens is 1. The first-order chi connectivity index (χ1) is 6.07. The highest BCUT2D eigenvalue weighted by atomic mass is 19.1. The Bertz CT molecular complexity index is 178. The quantitative estimate of drug-likeness (QED) is 0.473. The van der Waals surface area contributed by atoms with Gasteiger partial charge in [-0.3, -0.25) is 0 Å². The van der Waals surface area contributed by atoms with Gasteiger partial charge in [0, 0.05) is 12.0 Å². The molecule has 76 valence electrons. The van der Waals surface area contributed by atoms with E-state index in [1.807, 2.05) is 13.8 Å². The Balaban J connectivity index is 3.56. The lowest BCUT2D eigenvalue weighted by Crippen LogP contribution is -2.10. The van der Waals surface area contributed by atoms with E-state index < -0.39 is 12.8 Å². The maximum absolute atomic E-state index is 11.5. The Morgan fingerprint density at radius 1 is 1.54 bits per heavy atom. The van der Waals surface area contributed by atoms with Crippen LogP contribution in [0.3, 0.4) is 0 Å².